The molecule has 0 aliphatic rings. The summed E-state index contributed by atoms with van der Waals surface area (Å²) in [5.74, 6) is 1.67. The summed E-state index contributed by atoms with van der Waals surface area (Å²) < 4.78 is 16.8. The summed E-state index contributed by atoms with van der Waals surface area (Å²) in [5.41, 5.74) is 3.08. The van der Waals surface area contributed by atoms with Crippen molar-refractivity contribution in [2.24, 2.45) is 0 Å². The Hall–Kier alpha value is -3.12. The predicted octanol–water partition coefficient (Wildman–Crippen LogP) is 7.10. The average Bonchev–Trinajstić information content (AvgIpc) is 2.91. The molecule has 2 aromatic carbocycles. The maximum atomic E-state index is 11.9. The second-order valence-electron chi connectivity index (χ2n) is 8.71. The van der Waals surface area contributed by atoms with E-state index in [4.69, 9.17) is 25.8 Å². The molecule has 1 unspecified atom stereocenters. The molecule has 0 saturated heterocycles. The lowest BCUT2D eigenvalue weighted by atomic mass is 10.0. The van der Waals surface area contributed by atoms with E-state index in [1.54, 1.807) is 19.3 Å². The van der Waals surface area contributed by atoms with Crippen LogP contribution in [-0.4, -0.2) is 40.6 Å². The number of unbranched alkanes of at least 4 members (excludes halogenated alkanes) is 2. The number of esters is 1. The highest BCUT2D eigenvalue weighted by Gasteiger charge is 2.19. The summed E-state index contributed by atoms with van der Waals surface area (Å²) in [5, 5.41) is -0.608. The van der Waals surface area contributed by atoms with Crippen LogP contribution in [0.5, 0.6) is 11.5 Å². The van der Waals surface area contributed by atoms with E-state index in [2.05, 4.69) is 16.9 Å². The molecule has 1 aromatic heterocycles. The molecular formula is C29H35ClN2O4. The van der Waals surface area contributed by atoms with Gasteiger partial charge in [0.1, 0.15) is 23.8 Å². The Morgan fingerprint density at radius 2 is 1.44 bits per heavy atom. The highest BCUT2D eigenvalue weighted by molar-refractivity contribution is 6.29. The SMILES string of the molecule is CCCCCOc1cnc(-c2ccc(-c3ccc(OC[C@@H](C)OC(=O)C(Cl)CCC)cc3)cc2)nc1. The molecule has 0 fully saturated rings. The van der Waals surface area contributed by atoms with Gasteiger partial charge in [0.2, 0.25) is 0 Å². The summed E-state index contributed by atoms with van der Waals surface area (Å²) in [6.45, 7) is 6.89. The minimum Gasteiger partial charge on any atom is -0.490 e. The molecule has 6 nitrogen and oxygen atoms in total. The minimum atomic E-state index is -0.608. The topological polar surface area (TPSA) is 70.5 Å². The van der Waals surface area contributed by atoms with E-state index in [1.807, 2.05) is 55.5 Å². The van der Waals surface area contributed by atoms with Gasteiger partial charge < -0.3 is 14.2 Å². The molecule has 0 radical (unpaired) electrons. The van der Waals surface area contributed by atoms with E-state index >= 15 is 0 Å². The summed E-state index contributed by atoms with van der Waals surface area (Å²) >= 11 is 6.02. The fourth-order valence-corrected chi connectivity index (χ4v) is 3.80. The van der Waals surface area contributed by atoms with Gasteiger partial charge in [0.05, 0.1) is 19.0 Å². The van der Waals surface area contributed by atoms with E-state index in [0.717, 1.165) is 36.0 Å². The third kappa shape index (κ3) is 8.52. The summed E-state index contributed by atoms with van der Waals surface area (Å²) in [6, 6.07) is 15.9. The van der Waals surface area contributed by atoms with Crippen molar-refractivity contribution in [3.8, 4) is 34.0 Å². The van der Waals surface area contributed by atoms with Gasteiger partial charge in [-0.3, -0.25) is 4.79 Å². The fourth-order valence-electron chi connectivity index (χ4n) is 3.53. The van der Waals surface area contributed by atoms with Crippen LogP contribution in [0.1, 0.15) is 52.9 Å². The number of benzene rings is 2. The molecule has 0 aliphatic heterocycles. The second kappa shape index (κ2) is 14.4. The van der Waals surface area contributed by atoms with Crippen LogP contribution in [0.25, 0.3) is 22.5 Å². The number of alkyl halides is 1. The number of aromatic nitrogens is 2. The van der Waals surface area contributed by atoms with Gasteiger partial charge in [-0.05, 0) is 43.0 Å². The number of hydrogen-bond donors (Lipinski definition) is 0. The van der Waals surface area contributed by atoms with Crippen LogP contribution in [0.3, 0.4) is 0 Å². The minimum absolute atomic E-state index is 0.262. The maximum Gasteiger partial charge on any atom is 0.324 e. The zero-order valence-electron chi connectivity index (χ0n) is 21.3. The molecule has 36 heavy (non-hydrogen) atoms. The Labute approximate surface area is 219 Å². The van der Waals surface area contributed by atoms with Gasteiger partial charge in [-0.2, -0.15) is 0 Å². The zero-order valence-corrected chi connectivity index (χ0v) is 22.0. The van der Waals surface area contributed by atoms with Crippen molar-refractivity contribution in [1.82, 2.24) is 9.97 Å². The second-order valence-corrected chi connectivity index (χ2v) is 9.24. The first-order chi connectivity index (χ1) is 17.5. The van der Waals surface area contributed by atoms with Crippen molar-refractivity contribution in [1.29, 1.82) is 0 Å². The molecule has 7 heteroatoms. The van der Waals surface area contributed by atoms with E-state index in [9.17, 15) is 4.79 Å². The first kappa shape index (κ1) is 27.5. The molecule has 0 saturated carbocycles. The third-order valence-corrected chi connectivity index (χ3v) is 5.97. The molecule has 0 spiro atoms. The first-order valence-electron chi connectivity index (χ1n) is 12.6. The van der Waals surface area contributed by atoms with E-state index < -0.39 is 11.3 Å². The molecule has 0 N–H and O–H groups in total. The van der Waals surface area contributed by atoms with Gasteiger partial charge in [0.15, 0.2) is 11.6 Å². The lowest BCUT2D eigenvalue weighted by Crippen LogP contribution is -2.27. The molecule has 0 amide bonds. The molecule has 3 aromatic rings. The number of halogens is 1. The highest BCUT2D eigenvalue weighted by Crippen LogP contribution is 2.25. The number of hydrogen-bond acceptors (Lipinski definition) is 6. The lowest BCUT2D eigenvalue weighted by molar-refractivity contribution is -0.149. The maximum absolute atomic E-state index is 11.9. The normalized spacial score (nSPS) is 12.6. The van der Waals surface area contributed by atoms with Crippen molar-refractivity contribution < 1.29 is 19.0 Å². The van der Waals surface area contributed by atoms with Crippen LogP contribution < -0.4 is 9.47 Å². The van der Waals surface area contributed by atoms with Crippen molar-refractivity contribution in [2.45, 2.75) is 64.4 Å². The quantitative estimate of drug-likeness (QED) is 0.131. The van der Waals surface area contributed by atoms with Crippen LogP contribution >= 0.6 is 11.6 Å². The van der Waals surface area contributed by atoms with Gasteiger partial charge in [0, 0.05) is 5.56 Å². The zero-order chi connectivity index (χ0) is 25.8. The molecule has 3 rings (SSSR count). The molecular weight excluding hydrogens is 476 g/mol. The van der Waals surface area contributed by atoms with Crippen LogP contribution in [-0.2, 0) is 9.53 Å². The summed E-state index contributed by atoms with van der Waals surface area (Å²) in [4.78, 5) is 20.8. The monoisotopic (exact) mass is 510 g/mol. The Morgan fingerprint density at radius 3 is 2.06 bits per heavy atom. The lowest BCUT2D eigenvalue weighted by Gasteiger charge is -2.16. The van der Waals surface area contributed by atoms with Crippen LogP contribution in [0, 0.1) is 0 Å². The number of carbonyl (C=O) groups excluding carboxylic acids is 1. The number of ether oxygens (including phenoxy) is 3. The number of carbonyl (C=O) groups is 1. The van der Waals surface area contributed by atoms with Crippen molar-refractivity contribution >= 4 is 17.6 Å². The molecule has 2 atom stereocenters. The van der Waals surface area contributed by atoms with Crippen LogP contribution in [0.15, 0.2) is 60.9 Å². The van der Waals surface area contributed by atoms with Crippen molar-refractivity contribution in [2.75, 3.05) is 13.2 Å². The Morgan fingerprint density at radius 1 is 0.833 bits per heavy atom. The van der Waals surface area contributed by atoms with Crippen LogP contribution in [0.2, 0.25) is 0 Å². The fraction of sp³-hybridized carbons (Fsp3) is 0.414. The standard InChI is InChI=1S/C29H35ClN2O4/c1-4-6-7-17-34-26-18-31-28(32-19-26)24-11-9-22(10-12-24)23-13-15-25(16-14-23)35-20-21(3)36-29(33)27(30)8-5-2/h9-16,18-19,21,27H,4-8,17,20H2,1-3H3/t21-,27?/m1/s1. The highest BCUT2D eigenvalue weighted by atomic mass is 35.5. The molecule has 1 heterocycles. The summed E-state index contributed by atoms with van der Waals surface area (Å²) in [6.07, 6.45) is 7.86. The van der Waals surface area contributed by atoms with E-state index in [-0.39, 0.29) is 12.7 Å². The van der Waals surface area contributed by atoms with Gasteiger partial charge in [-0.15, -0.1) is 11.6 Å². The Bertz CT molecular complexity index is 1060. The largest absolute Gasteiger partial charge is 0.490 e. The first-order valence-corrected chi connectivity index (χ1v) is 13.1. The third-order valence-electron chi connectivity index (χ3n) is 5.58. The van der Waals surface area contributed by atoms with E-state index in [0.29, 0.717) is 30.4 Å². The smallest absolute Gasteiger partial charge is 0.324 e. The summed E-state index contributed by atoms with van der Waals surface area (Å²) in [7, 11) is 0. The molecule has 0 aliphatic carbocycles. The number of nitrogens with zero attached hydrogens (tertiary/aromatic N) is 2. The van der Waals surface area contributed by atoms with Gasteiger partial charge in [-0.25, -0.2) is 9.97 Å². The predicted molar refractivity (Wildman–Crippen MR) is 144 cm³/mol. The number of rotatable bonds is 14. The van der Waals surface area contributed by atoms with E-state index in [1.165, 1.54) is 6.42 Å². The van der Waals surface area contributed by atoms with Gasteiger partial charge >= 0.3 is 5.97 Å². The van der Waals surface area contributed by atoms with Crippen molar-refractivity contribution in [3.05, 3.63) is 60.9 Å². The molecule has 192 valence electrons. The van der Waals surface area contributed by atoms with Crippen LogP contribution in [0.4, 0.5) is 0 Å². The Kier molecular flexibility index (Phi) is 11.0. The van der Waals surface area contributed by atoms with Gasteiger partial charge in [-0.1, -0.05) is 69.5 Å². The Balaban J connectivity index is 1.51. The van der Waals surface area contributed by atoms with Gasteiger partial charge in [0.25, 0.3) is 0 Å². The average molecular weight is 511 g/mol. The molecule has 0 bridgehead atoms. The van der Waals surface area contributed by atoms with Crippen molar-refractivity contribution in [3.63, 3.8) is 0 Å².